The maximum atomic E-state index is 13.5. The molecule has 8 nitrogen and oxygen atoms in total. The van der Waals surface area contributed by atoms with E-state index in [2.05, 4.69) is 5.32 Å². The number of hydrogen-bond donors (Lipinski definition) is 1. The molecule has 0 aromatic heterocycles. The van der Waals surface area contributed by atoms with Crippen molar-refractivity contribution in [3.8, 4) is 5.75 Å². The first kappa shape index (κ1) is 23.0. The molecule has 1 saturated heterocycles. The molecule has 1 heterocycles. The monoisotopic (exact) mass is 496 g/mol. The van der Waals surface area contributed by atoms with Crippen LogP contribution in [0.15, 0.2) is 72.8 Å². The summed E-state index contributed by atoms with van der Waals surface area (Å²) in [6.45, 7) is -1.06. The van der Waals surface area contributed by atoms with Gasteiger partial charge in [-0.25, -0.2) is 0 Å². The number of nitrogens with zero attached hydrogens (tertiary/aromatic N) is 1. The van der Waals surface area contributed by atoms with Crippen molar-refractivity contribution in [1.82, 2.24) is 4.90 Å². The third-order valence-corrected chi connectivity index (χ3v) is 7.54. The smallest absolute Gasteiger partial charge is 0.326 e. The maximum Gasteiger partial charge on any atom is 0.326 e. The highest BCUT2D eigenvalue weighted by Gasteiger charge is 2.61. The number of ether oxygens (including phenoxy) is 2. The fourth-order valence-corrected chi connectivity index (χ4v) is 6.11. The van der Waals surface area contributed by atoms with Gasteiger partial charge in [-0.3, -0.25) is 24.1 Å². The average Bonchev–Trinajstić information content (AvgIpc) is 3.17. The normalized spacial score (nSPS) is 22.7. The lowest BCUT2D eigenvalue weighted by Crippen LogP contribution is -2.41. The number of rotatable bonds is 6. The highest BCUT2D eigenvalue weighted by molar-refractivity contribution is 6.09. The molecule has 3 amide bonds. The quantitative estimate of drug-likeness (QED) is 0.416. The van der Waals surface area contributed by atoms with Crippen LogP contribution in [0.25, 0.3) is 0 Å². The summed E-state index contributed by atoms with van der Waals surface area (Å²) >= 11 is 0. The van der Waals surface area contributed by atoms with Gasteiger partial charge in [0.25, 0.3) is 5.91 Å². The molecule has 2 atom stereocenters. The van der Waals surface area contributed by atoms with E-state index in [1.807, 2.05) is 48.5 Å². The minimum absolute atomic E-state index is 0.242. The largest absolute Gasteiger partial charge is 0.497 e. The summed E-state index contributed by atoms with van der Waals surface area (Å²) in [5, 5.41) is 2.62. The van der Waals surface area contributed by atoms with Crippen molar-refractivity contribution in [3.63, 3.8) is 0 Å². The topological polar surface area (TPSA) is 102 Å². The van der Waals surface area contributed by atoms with Crippen molar-refractivity contribution in [2.24, 2.45) is 11.8 Å². The number of esters is 1. The third kappa shape index (κ3) is 3.67. The SMILES string of the molecule is COc1cccc(NC(=O)COC(=O)CN2C(=O)[C@@H]3C4c5ccccc5C(c5ccccc54)[C@@H]3C2=O)c1. The van der Waals surface area contributed by atoms with Crippen LogP contribution in [0.5, 0.6) is 5.75 Å². The van der Waals surface area contributed by atoms with Crippen LogP contribution in [0, 0.1) is 11.8 Å². The molecule has 0 spiro atoms. The molecule has 4 aliphatic rings. The highest BCUT2D eigenvalue weighted by atomic mass is 16.5. The average molecular weight is 497 g/mol. The number of carbonyl (C=O) groups excluding carboxylic acids is 4. The number of methoxy groups -OCH3 is 1. The Bertz CT molecular complexity index is 1330. The molecule has 3 aliphatic carbocycles. The summed E-state index contributed by atoms with van der Waals surface area (Å²) in [6.07, 6.45) is 0. The Morgan fingerprint density at radius 2 is 1.35 bits per heavy atom. The maximum absolute atomic E-state index is 13.5. The Kier molecular flexibility index (Phi) is 5.52. The number of imide groups is 1. The van der Waals surface area contributed by atoms with Crippen molar-refractivity contribution in [1.29, 1.82) is 0 Å². The van der Waals surface area contributed by atoms with Gasteiger partial charge < -0.3 is 14.8 Å². The van der Waals surface area contributed by atoms with Gasteiger partial charge in [-0.1, -0.05) is 54.6 Å². The van der Waals surface area contributed by atoms with Gasteiger partial charge in [0, 0.05) is 23.6 Å². The highest BCUT2D eigenvalue weighted by Crippen LogP contribution is 2.60. The molecule has 3 aromatic rings. The number of hydrogen-bond acceptors (Lipinski definition) is 6. The molecule has 1 aliphatic heterocycles. The molecule has 3 aromatic carbocycles. The summed E-state index contributed by atoms with van der Waals surface area (Å²) in [6, 6.07) is 22.6. The fraction of sp³-hybridized carbons (Fsp3) is 0.241. The number of likely N-dealkylation sites (tertiary alicyclic amines) is 1. The molecule has 0 unspecified atom stereocenters. The number of nitrogens with one attached hydrogen (secondary N) is 1. The number of anilines is 1. The molecular weight excluding hydrogens is 472 g/mol. The van der Waals surface area contributed by atoms with Crippen LogP contribution in [0.3, 0.4) is 0 Å². The minimum atomic E-state index is -0.816. The van der Waals surface area contributed by atoms with Crippen LogP contribution < -0.4 is 10.1 Å². The van der Waals surface area contributed by atoms with E-state index in [1.54, 1.807) is 24.3 Å². The van der Waals surface area contributed by atoms with Gasteiger partial charge in [0.05, 0.1) is 18.9 Å². The lowest BCUT2D eigenvalue weighted by molar-refractivity contribution is -0.154. The van der Waals surface area contributed by atoms with Crippen LogP contribution in [-0.4, -0.2) is 48.9 Å². The molecule has 37 heavy (non-hydrogen) atoms. The molecule has 0 saturated carbocycles. The molecule has 1 N–H and O–H groups in total. The molecule has 1 fully saturated rings. The zero-order chi connectivity index (χ0) is 25.7. The molecule has 2 bridgehead atoms. The van der Waals surface area contributed by atoms with Crippen LogP contribution in [0.2, 0.25) is 0 Å². The van der Waals surface area contributed by atoms with Gasteiger partial charge in [-0.15, -0.1) is 0 Å². The lowest BCUT2D eigenvalue weighted by Gasteiger charge is -2.45. The second kappa shape index (κ2) is 8.89. The van der Waals surface area contributed by atoms with Gasteiger partial charge >= 0.3 is 5.97 Å². The van der Waals surface area contributed by atoms with Crippen molar-refractivity contribution in [3.05, 3.63) is 95.1 Å². The Labute approximate surface area is 213 Å². The first-order valence-electron chi connectivity index (χ1n) is 12.1. The second-order valence-electron chi connectivity index (χ2n) is 9.47. The molecule has 186 valence electrons. The van der Waals surface area contributed by atoms with Gasteiger partial charge in [-0.05, 0) is 34.4 Å². The number of amides is 3. The van der Waals surface area contributed by atoms with Gasteiger partial charge in [0.15, 0.2) is 6.61 Å². The zero-order valence-corrected chi connectivity index (χ0v) is 20.0. The fourth-order valence-electron chi connectivity index (χ4n) is 6.11. The van der Waals surface area contributed by atoms with Crippen molar-refractivity contribution in [2.75, 3.05) is 25.6 Å². The van der Waals surface area contributed by atoms with Crippen molar-refractivity contribution >= 4 is 29.4 Å². The van der Waals surface area contributed by atoms with Crippen molar-refractivity contribution < 1.29 is 28.7 Å². The second-order valence-corrected chi connectivity index (χ2v) is 9.47. The van der Waals surface area contributed by atoms with Crippen LogP contribution >= 0.6 is 0 Å². The lowest BCUT2D eigenvalue weighted by atomic mass is 9.55. The van der Waals surface area contributed by atoms with E-state index < -0.39 is 36.9 Å². The Balaban J connectivity index is 1.17. The predicted octanol–water partition coefficient (Wildman–Crippen LogP) is 3.07. The van der Waals surface area contributed by atoms with E-state index in [0.717, 1.165) is 27.2 Å². The predicted molar refractivity (Wildman–Crippen MR) is 133 cm³/mol. The Morgan fingerprint density at radius 1 is 0.811 bits per heavy atom. The molecule has 0 radical (unpaired) electrons. The first-order valence-corrected chi connectivity index (χ1v) is 12.1. The standard InChI is InChI=1S/C29H24N2O6/c1-36-17-8-6-7-16(13-17)30-22(32)15-37-23(33)14-31-28(34)26-24-18-9-2-3-10-19(18)25(27(26)29(31)35)21-12-5-4-11-20(21)24/h2-13,24-27H,14-15H2,1H3,(H,30,32)/t24?,25?,26-,27+. The van der Waals surface area contributed by atoms with Crippen LogP contribution in [-0.2, 0) is 23.9 Å². The van der Waals surface area contributed by atoms with Crippen LogP contribution in [0.1, 0.15) is 34.1 Å². The van der Waals surface area contributed by atoms with Crippen molar-refractivity contribution in [2.45, 2.75) is 11.8 Å². The summed E-state index contributed by atoms with van der Waals surface area (Å²) in [5.41, 5.74) is 4.74. The summed E-state index contributed by atoms with van der Waals surface area (Å²) < 4.78 is 10.2. The Morgan fingerprint density at radius 3 is 1.86 bits per heavy atom. The first-order chi connectivity index (χ1) is 18.0. The van der Waals surface area contributed by atoms with Gasteiger partial charge in [0.2, 0.25) is 11.8 Å². The zero-order valence-electron chi connectivity index (χ0n) is 20.0. The summed E-state index contributed by atoms with van der Waals surface area (Å²) in [5.74, 6) is -3.14. The third-order valence-electron chi connectivity index (χ3n) is 7.54. The minimum Gasteiger partial charge on any atom is -0.497 e. The number of benzene rings is 3. The number of carbonyl (C=O) groups is 4. The van der Waals surface area contributed by atoms with E-state index in [1.165, 1.54) is 7.11 Å². The van der Waals surface area contributed by atoms with E-state index in [0.29, 0.717) is 11.4 Å². The van der Waals surface area contributed by atoms with Gasteiger partial charge in [0.1, 0.15) is 12.3 Å². The molecule has 8 heteroatoms. The van der Waals surface area contributed by atoms with Gasteiger partial charge in [-0.2, -0.15) is 0 Å². The van der Waals surface area contributed by atoms with E-state index in [4.69, 9.17) is 9.47 Å². The van der Waals surface area contributed by atoms with E-state index >= 15 is 0 Å². The van der Waals surface area contributed by atoms with E-state index in [9.17, 15) is 19.2 Å². The summed E-state index contributed by atoms with van der Waals surface area (Å²) in [4.78, 5) is 52.9. The molecular formula is C29H24N2O6. The molecule has 7 rings (SSSR count). The van der Waals surface area contributed by atoms with E-state index in [-0.39, 0.29) is 23.7 Å². The van der Waals surface area contributed by atoms with Crippen LogP contribution in [0.4, 0.5) is 5.69 Å². The Hall–Kier alpha value is -4.46. The summed E-state index contributed by atoms with van der Waals surface area (Å²) in [7, 11) is 1.52.